The Bertz CT molecular complexity index is 1180. The maximum atomic E-state index is 12.3. The molecule has 0 saturated carbocycles. The van der Waals surface area contributed by atoms with E-state index in [1.807, 2.05) is 18.2 Å². The molecule has 0 atom stereocenters. The number of hydrogen-bond acceptors (Lipinski definition) is 8. The van der Waals surface area contributed by atoms with Crippen molar-refractivity contribution in [2.24, 2.45) is 0 Å². The molecule has 0 fully saturated rings. The average molecular weight is 464 g/mol. The number of rotatable bonds is 9. The van der Waals surface area contributed by atoms with Crippen molar-refractivity contribution < 1.29 is 23.8 Å². The number of nitriles is 1. The van der Waals surface area contributed by atoms with Crippen molar-refractivity contribution in [2.45, 2.75) is 13.5 Å². The number of para-hydroxylation sites is 2. The topological polar surface area (TPSA) is 102 Å². The van der Waals surface area contributed by atoms with Gasteiger partial charge in [-0.25, -0.2) is 9.78 Å². The summed E-state index contributed by atoms with van der Waals surface area (Å²) in [6.45, 7) is 1.39. The fourth-order valence-corrected chi connectivity index (χ4v) is 3.70. The lowest BCUT2D eigenvalue weighted by atomic mass is 10.2. The number of benzene rings is 2. The summed E-state index contributed by atoms with van der Waals surface area (Å²) >= 11 is 1.27. The van der Waals surface area contributed by atoms with Gasteiger partial charge >= 0.3 is 5.97 Å². The Morgan fingerprint density at radius 3 is 2.64 bits per heavy atom. The van der Waals surface area contributed by atoms with Crippen LogP contribution < -0.4 is 14.4 Å². The van der Waals surface area contributed by atoms with Gasteiger partial charge in [-0.3, -0.25) is 9.69 Å². The molecular weight excluding hydrogens is 442 g/mol. The summed E-state index contributed by atoms with van der Waals surface area (Å²) in [5, 5.41) is 10.7. The number of esters is 1. The van der Waals surface area contributed by atoms with E-state index in [4.69, 9.17) is 19.5 Å². The lowest BCUT2D eigenvalue weighted by molar-refractivity contribution is -0.139. The molecule has 3 rings (SSSR count). The van der Waals surface area contributed by atoms with Crippen LogP contribution in [-0.4, -0.2) is 30.6 Å². The van der Waals surface area contributed by atoms with Gasteiger partial charge in [0.25, 0.3) is 0 Å². The fraction of sp³-hybridized carbons (Fsp3) is 0.167. The van der Waals surface area contributed by atoms with Gasteiger partial charge in [0.2, 0.25) is 5.91 Å². The zero-order valence-corrected chi connectivity index (χ0v) is 18.9. The van der Waals surface area contributed by atoms with Gasteiger partial charge in [-0.1, -0.05) is 24.3 Å². The minimum atomic E-state index is -0.525. The van der Waals surface area contributed by atoms with Crippen molar-refractivity contribution >= 4 is 40.1 Å². The third kappa shape index (κ3) is 6.41. The standard InChI is InChI=1S/C24H21N3O5S/c1-17(28)27(21-5-3-4-6-22(21)30-2)24-26-19(16-33-24)15-32-23(29)12-9-18-7-10-20(11-8-18)31-14-13-25/h3-12,16H,14-15H2,1-2H3/b12-9+. The van der Waals surface area contributed by atoms with Crippen molar-refractivity contribution in [1.29, 1.82) is 5.26 Å². The van der Waals surface area contributed by atoms with Gasteiger partial charge in [-0.2, -0.15) is 5.26 Å². The monoisotopic (exact) mass is 463 g/mol. The summed E-state index contributed by atoms with van der Waals surface area (Å²) in [6.07, 6.45) is 2.93. The summed E-state index contributed by atoms with van der Waals surface area (Å²) in [7, 11) is 1.54. The normalized spacial score (nSPS) is 10.5. The van der Waals surface area contributed by atoms with E-state index in [0.717, 1.165) is 5.56 Å². The number of nitrogens with zero attached hydrogens (tertiary/aromatic N) is 3. The van der Waals surface area contributed by atoms with Gasteiger partial charge in [0, 0.05) is 18.4 Å². The van der Waals surface area contributed by atoms with Crippen molar-refractivity contribution in [3.05, 3.63) is 71.2 Å². The molecule has 1 amide bonds. The Morgan fingerprint density at radius 2 is 1.94 bits per heavy atom. The van der Waals surface area contributed by atoms with Crippen molar-refractivity contribution in [1.82, 2.24) is 4.98 Å². The van der Waals surface area contributed by atoms with Crippen LogP contribution in [0.3, 0.4) is 0 Å². The van der Waals surface area contributed by atoms with Gasteiger partial charge in [-0.15, -0.1) is 11.3 Å². The molecule has 168 valence electrons. The number of thiazole rings is 1. The Kier molecular flexibility index (Phi) is 8.16. The molecule has 33 heavy (non-hydrogen) atoms. The van der Waals surface area contributed by atoms with Crippen molar-refractivity contribution in [3.63, 3.8) is 0 Å². The smallest absolute Gasteiger partial charge is 0.331 e. The van der Waals surface area contributed by atoms with Gasteiger partial charge in [0.1, 0.15) is 24.2 Å². The molecule has 0 bridgehead atoms. The number of anilines is 2. The van der Waals surface area contributed by atoms with E-state index in [1.54, 1.807) is 47.9 Å². The molecule has 1 heterocycles. The number of carbonyl (C=O) groups is 2. The largest absolute Gasteiger partial charge is 0.495 e. The van der Waals surface area contributed by atoms with Crippen molar-refractivity contribution in [3.8, 4) is 17.6 Å². The van der Waals surface area contributed by atoms with Gasteiger partial charge in [-0.05, 0) is 35.9 Å². The first-order chi connectivity index (χ1) is 16.0. The van der Waals surface area contributed by atoms with E-state index < -0.39 is 5.97 Å². The number of aromatic nitrogens is 1. The van der Waals surface area contributed by atoms with E-state index in [-0.39, 0.29) is 19.1 Å². The quantitative estimate of drug-likeness (QED) is 0.340. The van der Waals surface area contributed by atoms with Crippen LogP contribution in [0.1, 0.15) is 18.2 Å². The maximum Gasteiger partial charge on any atom is 0.331 e. The summed E-state index contributed by atoms with van der Waals surface area (Å²) in [4.78, 5) is 30.3. The predicted molar refractivity (Wildman–Crippen MR) is 124 cm³/mol. The highest BCUT2D eigenvalue weighted by Gasteiger charge is 2.21. The Balaban J connectivity index is 1.61. The Labute approximate surface area is 195 Å². The molecule has 3 aromatic rings. The first-order valence-corrected chi connectivity index (χ1v) is 10.7. The minimum Gasteiger partial charge on any atom is -0.495 e. The zero-order valence-electron chi connectivity index (χ0n) is 18.1. The number of carbonyl (C=O) groups excluding carboxylic acids is 2. The summed E-state index contributed by atoms with van der Waals surface area (Å²) in [6, 6.07) is 16.0. The van der Waals surface area contributed by atoms with Gasteiger partial charge in [0.05, 0.1) is 18.5 Å². The van der Waals surface area contributed by atoms with Crippen LogP contribution in [-0.2, 0) is 20.9 Å². The van der Waals surface area contributed by atoms with E-state index in [9.17, 15) is 9.59 Å². The van der Waals surface area contributed by atoms with Crippen LogP contribution in [0.2, 0.25) is 0 Å². The highest BCUT2D eigenvalue weighted by molar-refractivity contribution is 7.14. The van der Waals surface area contributed by atoms with Gasteiger partial charge < -0.3 is 14.2 Å². The lowest BCUT2D eigenvalue weighted by Crippen LogP contribution is -2.23. The SMILES string of the molecule is COc1ccccc1N(C(C)=O)c1nc(COC(=O)/C=C/c2ccc(OCC#N)cc2)cs1. The molecular formula is C24H21N3O5S. The lowest BCUT2D eigenvalue weighted by Gasteiger charge is -2.20. The predicted octanol–water partition coefficient (Wildman–Crippen LogP) is 4.50. The molecule has 0 spiro atoms. The average Bonchev–Trinajstić information content (AvgIpc) is 3.29. The highest BCUT2D eigenvalue weighted by atomic mass is 32.1. The third-order valence-corrected chi connectivity index (χ3v) is 5.20. The summed E-state index contributed by atoms with van der Waals surface area (Å²) < 4.78 is 15.8. The Hall–Kier alpha value is -4.16. The molecule has 9 heteroatoms. The Morgan fingerprint density at radius 1 is 1.18 bits per heavy atom. The van der Waals surface area contributed by atoms with Crippen LogP contribution in [0.5, 0.6) is 11.5 Å². The molecule has 0 saturated heterocycles. The van der Waals surface area contributed by atoms with Crippen LogP contribution >= 0.6 is 11.3 Å². The second kappa shape index (κ2) is 11.5. The molecule has 8 nitrogen and oxygen atoms in total. The molecule has 0 aliphatic rings. The summed E-state index contributed by atoms with van der Waals surface area (Å²) in [5.41, 5.74) is 1.88. The van der Waals surface area contributed by atoms with Crippen LogP contribution in [0.4, 0.5) is 10.8 Å². The second-order valence-electron chi connectivity index (χ2n) is 6.60. The van der Waals surface area contributed by atoms with E-state index in [1.165, 1.54) is 36.3 Å². The number of hydrogen-bond donors (Lipinski definition) is 0. The van der Waals surface area contributed by atoms with Crippen LogP contribution in [0.15, 0.2) is 60.0 Å². The second-order valence-corrected chi connectivity index (χ2v) is 7.44. The minimum absolute atomic E-state index is 0.0249. The molecule has 1 aromatic heterocycles. The van der Waals surface area contributed by atoms with E-state index in [0.29, 0.717) is 28.0 Å². The summed E-state index contributed by atoms with van der Waals surface area (Å²) in [5.74, 6) is 0.376. The molecule has 0 aliphatic heterocycles. The van der Waals surface area contributed by atoms with Crippen LogP contribution in [0, 0.1) is 11.3 Å². The van der Waals surface area contributed by atoms with Crippen molar-refractivity contribution in [2.75, 3.05) is 18.6 Å². The fourth-order valence-electron chi connectivity index (χ4n) is 2.84. The number of methoxy groups -OCH3 is 1. The van der Waals surface area contributed by atoms with Crippen LogP contribution in [0.25, 0.3) is 6.08 Å². The number of amides is 1. The number of ether oxygens (including phenoxy) is 3. The third-order valence-electron chi connectivity index (χ3n) is 4.33. The highest BCUT2D eigenvalue weighted by Crippen LogP contribution is 2.35. The molecule has 0 N–H and O–H groups in total. The van der Waals surface area contributed by atoms with Gasteiger partial charge in [0.15, 0.2) is 11.7 Å². The maximum absolute atomic E-state index is 12.3. The molecule has 0 radical (unpaired) electrons. The zero-order chi connectivity index (χ0) is 23.6. The van der Waals surface area contributed by atoms with E-state index in [2.05, 4.69) is 4.98 Å². The first-order valence-electron chi connectivity index (χ1n) is 9.84. The molecule has 0 aliphatic carbocycles. The van der Waals surface area contributed by atoms with E-state index >= 15 is 0 Å². The molecule has 2 aromatic carbocycles. The first kappa shape index (κ1) is 23.5. The molecule has 0 unspecified atom stereocenters.